The summed E-state index contributed by atoms with van der Waals surface area (Å²) in [5, 5.41) is 9.75. The molecule has 0 aliphatic carbocycles. The lowest BCUT2D eigenvalue weighted by Gasteiger charge is -2.04. The fourth-order valence-corrected chi connectivity index (χ4v) is 3.31. The van der Waals surface area contributed by atoms with E-state index < -0.39 is 10.1 Å². The van der Waals surface area contributed by atoms with Crippen LogP contribution in [-0.4, -0.2) is 29.9 Å². The van der Waals surface area contributed by atoms with Crippen LogP contribution < -0.4 is 0 Å². The van der Waals surface area contributed by atoms with Crippen LogP contribution in [0.25, 0.3) is 0 Å². The predicted octanol–water partition coefficient (Wildman–Crippen LogP) is 5.27. The summed E-state index contributed by atoms with van der Waals surface area (Å²) >= 11 is 0. The Morgan fingerprint density at radius 1 is 0.833 bits per heavy atom. The van der Waals surface area contributed by atoms with Crippen molar-refractivity contribution >= 4 is 10.1 Å². The molecular formula is C19H38O4S. The van der Waals surface area contributed by atoms with E-state index in [4.69, 9.17) is 4.55 Å². The Morgan fingerprint density at radius 2 is 1.38 bits per heavy atom. The van der Waals surface area contributed by atoms with E-state index in [-0.39, 0.29) is 11.9 Å². The van der Waals surface area contributed by atoms with E-state index in [0.29, 0.717) is 6.42 Å². The van der Waals surface area contributed by atoms with E-state index >= 15 is 0 Å². The van der Waals surface area contributed by atoms with Crippen molar-refractivity contribution in [2.45, 2.75) is 103 Å². The van der Waals surface area contributed by atoms with Crippen LogP contribution in [0, 0.1) is 0 Å². The van der Waals surface area contributed by atoms with Gasteiger partial charge in [0.2, 0.25) is 0 Å². The molecule has 0 saturated carbocycles. The van der Waals surface area contributed by atoms with E-state index in [9.17, 15) is 13.5 Å². The quantitative estimate of drug-likeness (QED) is 0.210. The van der Waals surface area contributed by atoms with Crippen molar-refractivity contribution in [1.82, 2.24) is 0 Å². The summed E-state index contributed by atoms with van der Waals surface area (Å²) < 4.78 is 29.7. The number of aliphatic hydroxyl groups excluding tert-OH is 1. The first kappa shape index (κ1) is 23.6. The molecule has 0 fully saturated rings. The van der Waals surface area contributed by atoms with Crippen molar-refractivity contribution in [2.75, 3.05) is 5.75 Å². The first-order chi connectivity index (χ1) is 11.5. The van der Waals surface area contributed by atoms with Crippen LogP contribution in [0.5, 0.6) is 0 Å². The molecule has 0 aliphatic heterocycles. The molecule has 0 saturated heterocycles. The van der Waals surface area contributed by atoms with Crippen LogP contribution in [0.3, 0.4) is 0 Å². The SMILES string of the molecule is CCCCCC(O)C=CCCCCCCCCCCCS(=O)(=O)O. The van der Waals surface area contributed by atoms with Gasteiger partial charge in [0.05, 0.1) is 11.9 Å². The first-order valence-electron chi connectivity index (χ1n) is 9.75. The van der Waals surface area contributed by atoms with Crippen LogP contribution in [-0.2, 0) is 10.1 Å². The summed E-state index contributed by atoms with van der Waals surface area (Å²) in [5.74, 6) is -0.103. The van der Waals surface area contributed by atoms with Gasteiger partial charge in [-0.2, -0.15) is 8.42 Å². The third kappa shape index (κ3) is 19.7. The van der Waals surface area contributed by atoms with Crippen molar-refractivity contribution in [3.05, 3.63) is 12.2 Å². The average Bonchev–Trinajstić information content (AvgIpc) is 2.51. The van der Waals surface area contributed by atoms with Crippen molar-refractivity contribution in [1.29, 1.82) is 0 Å². The topological polar surface area (TPSA) is 74.6 Å². The third-order valence-electron chi connectivity index (χ3n) is 4.23. The Hall–Kier alpha value is -0.390. The highest BCUT2D eigenvalue weighted by molar-refractivity contribution is 7.85. The molecule has 0 bridgehead atoms. The second-order valence-electron chi connectivity index (χ2n) is 6.75. The van der Waals surface area contributed by atoms with Gasteiger partial charge in [-0.1, -0.05) is 83.3 Å². The maximum Gasteiger partial charge on any atom is 0.264 e. The van der Waals surface area contributed by atoms with Gasteiger partial charge in [0, 0.05) is 0 Å². The summed E-state index contributed by atoms with van der Waals surface area (Å²) in [6.45, 7) is 2.17. The van der Waals surface area contributed by atoms with Gasteiger partial charge in [0.15, 0.2) is 0 Å². The monoisotopic (exact) mass is 362 g/mol. The molecule has 0 rings (SSSR count). The minimum absolute atomic E-state index is 0.103. The number of rotatable bonds is 17. The van der Waals surface area contributed by atoms with Gasteiger partial charge in [0.1, 0.15) is 0 Å². The maximum absolute atomic E-state index is 10.5. The van der Waals surface area contributed by atoms with Gasteiger partial charge in [-0.3, -0.25) is 4.55 Å². The van der Waals surface area contributed by atoms with Gasteiger partial charge in [-0.05, 0) is 25.7 Å². The standard InChI is InChI=1S/C19H38O4S/c1-2-3-13-16-19(20)17-14-11-9-7-5-4-6-8-10-12-15-18-24(21,22)23/h14,17,19-20H,2-13,15-16,18H2,1H3,(H,21,22,23). The second kappa shape index (κ2) is 16.1. The lowest BCUT2D eigenvalue weighted by atomic mass is 10.1. The van der Waals surface area contributed by atoms with E-state index in [1.54, 1.807) is 0 Å². The fraction of sp³-hybridized carbons (Fsp3) is 0.895. The van der Waals surface area contributed by atoms with Gasteiger partial charge in [0.25, 0.3) is 10.1 Å². The molecule has 0 aromatic heterocycles. The van der Waals surface area contributed by atoms with Crippen molar-refractivity contribution in [3.8, 4) is 0 Å². The molecule has 1 atom stereocenters. The van der Waals surface area contributed by atoms with E-state index in [1.807, 2.05) is 6.08 Å². The highest BCUT2D eigenvalue weighted by Gasteiger charge is 2.02. The molecule has 0 aromatic rings. The van der Waals surface area contributed by atoms with Gasteiger partial charge in [-0.15, -0.1) is 0 Å². The van der Waals surface area contributed by atoms with E-state index in [0.717, 1.165) is 38.5 Å². The van der Waals surface area contributed by atoms with Gasteiger partial charge >= 0.3 is 0 Å². The first-order valence-corrected chi connectivity index (χ1v) is 11.4. The van der Waals surface area contributed by atoms with Crippen molar-refractivity contribution < 1.29 is 18.1 Å². The fourth-order valence-electron chi connectivity index (χ4n) is 2.74. The number of aliphatic hydroxyl groups is 1. The summed E-state index contributed by atoms with van der Waals surface area (Å²) in [4.78, 5) is 0. The highest BCUT2D eigenvalue weighted by Crippen LogP contribution is 2.11. The van der Waals surface area contributed by atoms with Crippen LogP contribution >= 0.6 is 0 Å². The predicted molar refractivity (Wildman–Crippen MR) is 102 cm³/mol. The summed E-state index contributed by atoms with van der Waals surface area (Å²) in [6.07, 6.45) is 19.0. The minimum atomic E-state index is -3.77. The molecule has 0 aliphatic rings. The van der Waals surface area contributed by atoms with Crippen LogP contribution in [0.1, 0.15) is 96.8 Å². The van der Waals surface area contributed by atoms with Crippen LogP contribution in [0.15, 0.2) is 12.2 Å². The maximum atomic E-state index is 10.5. The Bertz CT molecular complexity index is 390. The van der Waals surface area contributed by atoms with Gasteiger partial charge < -0.3 is 5.11 Å². The zero-order chi connectivity index (χ0) is 18.1. The van der Waals surface area contributed by atoms with Crippen molar-refractivity contribution in [3.63, 3.8) is 0 Å². The zero-order valence-corrected chi connectivity index (χ0v) is 16.3. The molecule has 24 heavy (non-hydrogen) atoms. The van der Waals surface area contributed by atoms with E-state index in [1.165, 1.54) is 44.9 Å². The number of allylic oxidation sites excluding steroid dienone is 1. The molecule has 144 valence electrons. The van der Waals surface area contributed by atoms with E-state index in [2.05, 4.69) is 13.0 Å². The molecule has 4 nitrogen and oxygen atoms in total. The minimum Gasteiger partial charge on any atom is -0.389 e. The molecule has 0 radical (unpaired) electrons. The number of hydrogen-bond donors (Lipinski definition) is 2. The Labute approximate surface area is 149 Å². The average molecular weight is 363 g/mol. The summed E-state index contributed by atoms with van der Waals surface area (Å²) in [5.41, 5.74) is 0. The smallest absolute Gasteiger partial charge is 0.264 e. The van der Waals surface area contributed by atoms with Crippen LogP contribution in [0.2, 0.25) is 0 Å². The normalized spacial score (nSPS) is 13.6. The molecule has 0 amide bonds. The summed E-state index contributed by atoms with van der Waals surface area (Å²) in [6, 6.07) is 0. The molecule has 0 spiro atoms. The summed E-state index contributed by atoms with van der Waals surface area (Å²) in [7, 11) is -3.77. The molecule has 1 unspecified atom stereocenters. The zero-order valence-electron chi connectivity index (χ0n) is 15.5. The molecule has 0 aromatic carbocycles. The molecule has 0 heterocycles. The number of hydrogen-bond acceptors (Lipinski definition) is 3. The van der Waals surface area contributed by atoms with Crippen LogP contribution in [0.4, 0.5) is 0 Å². The lowest BCUT2D eigenvalue weighted by molar-refractivity contribution is 0.208. The molecule has 5 heteroatoms. The molecule has 2 N–H and O–H groups in total. The lowest BCUT2D eigenvalue weighted by Crippen LogP contribution is -2.03. The number of unbranched alkanes of at least 4 members (excludes halogenated alkanes) is 11. The Kier molecular flexibility index (Phi) is 15.8. The highest BCUT2D eigenvalue weighted by atomic mass is 32.2. The second-order valence-corrected chi connectivity index (χ2v) is 8.32. The third-order valence-corrected chi connectivity index (χ3v) is 5.04. The van der Waals surface area contributed by atoms with Gasteiger partial charge in [-0.25, -0.2) is 0 Å². The molecular weight excluding hydrogens is 324 g/mol. The Balaban J connectivity index is 3.25. The Morgan fingerprint density at radius 3 is 1.92 bits per heavy atom. The largest absolute Gasteiger partial charge is 0.389 e. The van der Waals surface area contributed by atoms with Crippen molar-refractivity contribution in [2.24, 2.45) is 0 Å².